The first kappa shape index (κ1) is 13.2. The van der Waals surface area contributed by atoms with Crippen LogP contribution in [0.1, 0.15) is 10.5 Å². The van der Waals surface area contributed by atoms with Crippen LogP contribution < -0.4 is 4.74 Å². The van der Waals surface area contributed by atoms with Gasteiger partial charge in [0.05, 0.1) is 17.7 Å². The van der Waals surface area contributed by atoms with Crippen molar-refractivity contribution in [3.05, 3.63) is 28.7 Å². The summed E-state index contributed by atoms with van der Waals surface area (Å²) in [5, 5.41) is 21.2. The van der Waals surface area contributed by atoms with E-state index >= 15 is 0 Å². The molecule has 2 N–H and O–H groups in total. The standard InChI is InChI=1S/C11H7ClFNO5/c1-18-10-6(15)2-4(13)9(12)8(10)7-3-5(11(16)17)14-19-7/h2-3,15H,1H3,(H,16,17). The van der Waals surface area contributed by atoms with Crippen molar-refractivity contribution in [2.45, 2.75) is 0 Å². The first-order chi connectivity index (χ1) is 8.95. The van der Waals surface area contributed by atoms with E-state index in [4.69, 9.17) is 26.0 Å². The molecule has 0 aliphatic heterocycles. The van der Waals surface area contributed by atoms with Crippen molar-refractivity contribution < 1.29 is 28.7 Å². The maximum absolute atomic E-state index is 13.5. The van der Waals surface area contributed by atoms with Gasteiger partial charge in [0.15, 0.2) is 23.0 Å². The molecule has 8 heteroatoms. The molecule has 0 saturated heterocycles. The first-order valence-electron chi connectivity index (χ1n) is 4.91. The molecule has 0 atom stereocenters. The lowest BCUT2D eigenvalue weighted by molar-refractivity contribution is 0.0686. The molecule has 0 bridgehead atoms. The highest BCUT2D eigenvalue weighted by Crippen LogP contribution is 2.44. The van der Waals surface area contributed by atoms with Crippen LogP contribution in [0.15, 0.2) is 16.7 Å². The summed E-state index contributed by atoms with van der Waals surface area (Å²) in [5.74, 6) is -2.98. The number of carbonyl (C=O) groups is 1. The van der Waals surface area contributed by atoms with Gasteiger partial charge >= 0.3 is 5.97 Å². The van der Waals surface area contributed by atoms with Gasteiger partial charge in [-0.1, -0.05) is 16.8 Å². The van der Waals surface area contributed by atoms with Crippen molar-refractivity contribution in [2.75, 3.05) is 7.11 Å². The van der Waals surface area contributed by atoms with Crippen LogP contribution in [0.4, 0.5) is 4.39 Å². The number of phenols is 1. The van der Waals surface area contributed by atoms with E-state index in [-0.39, 0.29) is 27.8 Å². The fourth-order valence-electron chi connectivity index (χ4n) is 1.52. The molecule has 100 valence electrons. The molecular formula is C11H7ClFNO5. The van der Waals surface area contributed by atoms with Gasteiger partial charge in [0.25, 0.3) is 0 Å². The van der Waals surface area contributed by atoms with Crippen LogP contribution in [-0.4, -0.2) is 28.4 Å². The van der Waals surface area contributed by atoms with Gasteiger partial charge in [0, 0.05) is 12.1 Å². The molecule has 1 aromatic carbocycles. The molecule has 2 rings (SSSR count). The lowest BCUT2D eigenvalue weighted by Gasteiger charge is -2.10. The van der Waals surface area contributed by atoms with Gasteiger partial charge in [-0.15, -0.1) is 0 Å². The van der Waals surface area contributed by atoms with Crippen molar-refractivity contribution in [1.82, 2.24) is 5.16 Å². The van der Waals surface area contributed by atoms with Crippen molar-refractivity contribution in [1.29, 1.82) is 0 Å². The fourth-order valence-corrected chi connectivity index (χ4v) is 1.75. The van der Waals surface area contributed by atoms with Gasteiger partial charge in [0.2, 0.25) is 0 Å². The fraction of sp³-hybridized carbons (Fsp3) is 0.0909. The lowest BCUT2D eigenvalue weighted by Crippen LogP contribution is -1.95. The Morgan fingerprint density at radius 2 is 2.21 bits per heavy atom. The predicted octanol–water partition coefficient (Wildman–Crippen LogP) is 2.55. The van der Waals surface area contributed by atoms with E-state index < -0.39 is 17.5 Å². The SMILES string of the molecule is COc1c(O)cc(F)c(Cl)c1-c1cc(C(=O)O)no1. The Bertz CT molecular complexity index is 655. The smallest absolute Gasteiger partial charge is 0.358 e. The van der Waals surface area contributed by atoms with E-state index in [2.05, 4.69) is 5.16 Å². The lowest BCUT2D eigenvalue weighted by atomic mass is 10.1. The van der Waals surface area contributed by atoms with Crippen molar-refractivity contribution >= 4 is 17.6 Å². The molecule has 0 amide bonds. The Hall–Kier alpha value is -2.28. The Morgan fingerprint density at radius 3 is 2.74 bits per heavy atom. The minimum atomic E-state index is -1.31. The Labute approximate surface area is 111 Å². The summed E-state index contributed by atoms with van der Waals surface area (Å²) in [6.07, 6.45) is 0. The predicted molar refractivity (Wildman–Crippen MR) is 62.1 cm³/mol. The van der Waals surface area contributed by atoms with Crippen LogP contribution in [0.3, 0.4) is 0 Å². The van der Waals surface area contributed by atoms with E-state index in [9.17, 15) is 14.3 Å². The molecule has 0 saturated carbocycles. The molecule has 2 aromatic rings. The maximum atomic E-state index is 13.5. The minimum Gasteiger partial charge on any atom is -0.504 e. The molecule has 0 aliphatic carbocycles. The van der Waals surface area contributed by atoms with Crippen LogP contribution >= 0.6 is 11.6 Å². The van der Waals surface area contributed by atoms with E-state index in [0.717, 1.165) is 12.1 Å². The Kier molecular flexibility index (Phi) is 3.30. The van der Waals surface area contributed by atoms with Crippen molar-refractivity contribution in [2.24, 2.45) is 0 Å². The molecule has 0 fully saturated rings. The zero-order valence-corrected chi connectivity index (χ0v) is 10.2. The van der Waals surface area contributed by atoms with Gasteiger partial charge in [-0.05, 0) is 0 Å². The number of aromatic hydroxyl groups is 1. The number of carboxylic acid groups (broad SMARTS) is 1. The topological polar surface area (TPSA) is 92.8 Å². The van der Waals surface area contributed by atoms with Gasteiger partial charge in [-0.3, -0.25) is 0 Å². The van der Waals surface area contributed by atoms with E-state index in [1.807, 2.05) is 0 Å². The third-order valence-corrected chi connectivity index (χ3v) is 2.70. The van der Waals surface area contributed by atoms with E-state index in [1.165, 1.54) is 7.11 Å². The number of methoxy groups -OCH3 is 1. The van der Waals surface area contributed by atoms with Gasteiger partial charge in [-0.2, -0.15) is 0 Å². The summed E-state index contributed by atoms with van der Waals surface area (Å²) < 4.78 is 23.2. The maximum Gasteiger partial charge on any atom is 0.358 e. The van der Waals surface area contributed by atoms with Crippen LogP contribution in [-0.2, 0) is 0 Å². The van der Waals surface area contributed by atoms with Crippen LogP contribution in [0.5, 0.6) is 11.5 Å². The van der Waals surface area contributed by atoms with Gasteiger partial charge in [-0.25, -0.2) is 9.18 Å². The molecule has 1 aromatic heterocycles. The summed E-state index contributed by atoms with van der Waals surface area (Å²) in [6.45, 7) is 0. The summed E-state index contributed by atoms with van der Waals surface area (Å²) in [5.41, 5.74) is -0.487. The number of aromatic carboxylic acids is 1. The summed E-state index contributed by atoms with van der Waals surface area (Å²) in [4.78, 5) is 10.7. The molecular weight excluding hydrogens is 281 g/mol. The number of nitrogens with zero attached hydrogens (tertiary/aromatic N) is 1. The monoisotopic (exact) mass is 287 g/mol. The number of rotatable bonds is 3. The van der Waals surface area contributed by atoms with Crippen LogP contribution in [0.2, 0.25) is 5.02 Å². The van der Waals surface area contributed by atoms with Gasteiger partial charge < -0.3 is 19.5 Å². The van der Waals surface area contributed by atoms with E-state index in [0.29, 0.717) is 0 Å². The molecule has 0 aliphatic rings. The number of carboxylic acids is 1. The second kappa shape index (κ2) is 4.77. The summed E-state index contributed by atoms with van der Waals surface area (Å²) in [6, 6.07) is 1.82. The van der Waals surface area contributed by atoms with Crippen LogP contribution in [0.25, 0.3) is 11.3 Å². The number of phenolic OH excluding ortho intramolecular Hbond substituents is 1. The Morgan fingerprint density at radius 1 is 1.53 bits per heavy atom. The number of hydrogen-bond donors (Lipinski definition) is 2. The molecule has 0 unspecified atom stereocenters. The first-order valence-corrected chi connectivity index (χ1v) is 5.28. The third-order valence-electron chi connectivity index (χ3n) is 2.33. The second-order valence-corrected chi connectivity index (χ2v) is 3.86. The number of halogens is 2. The van der Waals surface area contributed by atoms with Crippen molar-refractivity contribution in [3.8, 4) is 22.8 Å². The number of aromatic nitrogens is 1. The van der Waals surface area contributed by atoms with Crippen molar-refractivity contribution in [3.63, 3.8) is 0 Å². The molecule has 19 heavy (non-hydrogen) atoms. The number of ether oxygens (including phenoxy) is 1. The Balaban J connectivity index is 2.69. The summed E-state index contributed by atoms with van der Waals surface area (Å²) in [7, 11) is 1.24. The molecule has 6 nitrogen and oxygen atoms in total. The molecule has 0 spiro atoms. The second-order valence-electron chi connectivity index (χ2n) is 3.48. The number of hydrogen-bond acceptors (Lipinski definition) is 5. The summed E-state index contributed by atoms with van der Waals surface area (Å²) >= 11 is 5.77. The minimum absolute atomic E-state index is 0.110. The average molecular weight is 288 g/mol. The highest BCUT2D eigenvalue weighted by molar-refractivity contribution is 6.33. The third kappa shape index (κ3) is 2.19. The normalized spacial score (nSPS) is 10.5. The van der Waals surface area contributed by atoms with Crippen LogP contribution in [0, 0.1) is 5.82 Å². The highest BCUT2D eigenvalue weighted by atomic mass is 35.5. The molecule has 0 radical (unpaired) electrons. The number of benzene rings is 1. The zero-order valence-electron chi connectivity index (χ0n) is 9.48. The average Bonchev–Trinajstić information content (AvgIpc) is 2.82. The van der Waals surface area contributed by atoms with E-state index in [1.54, 1.807) is 0 Å². The zero-order chi connectivity index (χ0) is 14.2. The van der Waals surface area contributed by atoms with Gasteiger partial charge in [0.1, 0.15) is 5.82 Å². The molecule has 1 heterocycles. The largest absolute Gasteiger partial charge is 0.504 e. The highest BCUT2D eigenvalue weighted by Gasteiger charge is 2.23. The quantitative estimate of drug-likeness (QED) is 0.901.